The summed E-state index contributed by atoms with van der Waals surface area (Å²) >= 11 is 0.423. The van der Waals surface area contributed by atoms with Gasteiger partial charge in [0, 0.05) is 30.6 Å². The Morgan fingerprint density at radius 2 is 2.23 bits per heavy atom. The van der Waals surface area contributed by atoms with Crippen molar-refractivity contribution in [2.24, 2.45) is 0 Å². The van der Waals surface area contributed by atoms with Crippen LogP contribution in [0.5, 0.6) is 0 Å². The van der Waals surface area contributed by atoms with Gasteiger partial charge in [0.15, 0.2) is 5.16 Å². The van der Waals surface area contributed by atoms with Crippen LogP contribution in [0, 0.1) is 0 Å². The van der Waals surface area contributed by atoms with E-state index in [1.165, 1.54) is 11.8 Å². The quantitative estimate of drug-likeness (QED) is 0.346. The number of thioether (sulfide) groups is 1. The molecule has 0 spiro atoms. The lowest BCUT2D eigenvalue weighted by Gasteiger charge is -2.38. The number of hydrogen-bond acceptors (Lipinski definition) is 7. The molecule has 2 rings (SSSR count). The van der Waals surface area contributed by atoms with E-state index in [-0.39, 0.29) is 5.97 Å². The van der Waals surface area contributed by atoms with Crippen LogP contribution in [0.1, 0.15) is 25.5 Å². The Bertz CT molecular complexity index is 520. The molecule has 1 unspecified atom stereocenters. The van der Waals surface area contributed by atoms with Crippen molar-refractivity contribution in [3.63, 3.8) is 0 Å². The Balaban J connectivity index is 2.33. The number of hydrogen-bond donors (Lipinski definition) is 0. The van der Waals surface area contributed by atoms with E-state index in [9.17, 15) is 9.35 Å². The fraction of sp³-hybridized carbons (Fsp3) is 0.643. The van der Waals surface area contributed by atoms with Gasteiger partial charge in [-0.1, -0.05) is 11.8 Å². The summed E-state index contributed by atoms with van der Waals surface area (Å²) in [6, 6.07) is 1.79. The van der Waals surface area contributed by atoms with Gasteiger partial charge in [0.2, 0.25) is 0 Å². The highest BCUT2D eigenvalue weighted by Crippen LogP contribution is 2.37. The first-order valence-corrected chi connectivity index (χ1v) is 9.90. The van der Waals surface area contributed by atoms with Crippen LogP contribution in [0.15, 0.2) is 17.4 Å². The largest absolute Gasteiger partial charge is 0.598 e. The molecule has 122 valence electrons. The zero-order chi connectivity index (χ0) is 16.2. The van der Waals surface area contributed by atoms with E-state index >= 15 is 0 Å². The third-order valence-corrected chi connectivity index (χ3v) is 5.57. The normalized spacial score (nSPS) is 19.6. The van der Waals surface area contributed by atoms with Crippen LogP contribution < -0.4 is 0 Å². The second-order valence-corrected chi connectivity index (χ2v) is 7.22. The van der Waals surface area contributed by atoms with Crippen LogP contribution in [0.3, 0.4) is 0 Å². The van der Waals surface area contributed by atoms with E-state index < -0.39 is 16.8 Å². The van der Waals surface area contributed by atoms with Crippen molar-refractivity contribution in [3.8, 4) is 0 Å². The zero-order valence-electron chi connectivity index (χ0n) is 13.1. The highest BCUT2D eigenvalue weighted by molar-refractivity contribution is 7.98. The van der Waals surface area contributed by atoms with E-state index in [4.69, 9.17) is 4.74 Å². The van der Waals surface area contributed by atoms with Crippen LogP contribution in [0.4, 0.5) is 0 Å². The van der Waals surface area contributed by atoms with Crippen LogP contribution >= 0.6 is 11.8 Å². The summed E-state index contributed by atoms with van der Waals surface area (Å²) in [4.78, 5) is 21.3. The average molecular weight is 343 g/mol. The molecule has 0 aromatic carbocycles. The Hall–Kier alpha value is -0.830. The molecule has 0 amide bonds. The van der Waals surface area contributed by atoms with E-state index in [1.54, 1.807) is 25.4 Å². The van der Waals surface area contributed by atoms with Gasteiger partial charge in [-0.15, -0.1) is 4.31 Å². The molecule has 1 aromatic rings. The molecule has 0 bridgehead atoms. The molecule has 6 nitrogen and oxygen atoms in total. The van der Waals surface area contributed by atoms with Crippen molar-refractivity contribution < 1.29 is 14.1 Å². The fourth-order valence-corrected chi connectivity index (χ4v) is 3.72. The zero-order valence-corrected chi connectivity index (χ0v) is 14.7. The first-order chi connectivity index (χ1) is 10.5. The summed E-state index contributed by atoms with van der Waals surface area (Å²) in [5.41, 5.74) is -0.0638. The highest BCUT2D eigenvalue weighted by atomic mass is 32.2. The van der Waals surface area contributed by atoms with E-state index in [0.29, 0.717) is 43.4 Å². The molecule has 0 saturated carbocycles. The monoisotopic (exact) mass is 343 g/mol. The number of carbonyl (C=O) groups excluding carboxylic acids is 1. The molecule has 0 N–H and O–H groups in total. The molecule has 8 heteroatoms. The summed E-state index contributed by atoms with van der Waals surface area (Å²) in [5.74, 6) is -0.248. The minimum atomic E-state index is -1.02. The van der Waals surface area contributed by atoms with Crippen molar-refractivity contribution in [2.45, 2.75) is 30.3 Å². The number of esters is 1. The van der Waals surface area contributed by atoms with Gasteiger partial charge in [0.1, 0.15) is 11.7 Å². The lowest BCUT2D eigenvalue weighted by Crippen LogP contribution is -2.49. The number of aromatic nitrogens is 2. The van der Waals surface area contributed by atoms with Crippen LogP contribution in [0.2, 0.25) is 0 Å². The maximum atomic E-state index is 12.6. The Labute approximate surface area is 138 Å². The van der Waals surface area contributed by atoms with Gasteiger partial charge in [0.05, 0.1) is 12.3 Å². The summed E-state index contributed by atoms with van der Waals surface area (Å²) in [5, 5.41) is 0.641. The molecule has 0 radical (unpaired) electrons. The second-order valence-electron chi connectivity index (χ2n) is 5.08. The van der Waals surface area contributed by atoms with Crippen molar-refractivity contribution >= 4 is 29.1 Å². The van der Waals surface area contributed by atoms with Crippen molar-refractivity contribution in [1.82, 2.24) is 14.3 Å². The van der Waals surface area contributed by atoms with Crippen LogP contribution in [-0.4, -0.2) is 57.0 Å². The van der Waals surface area contributed by atoms with Crippen molar-refractivity contribution in [1.29, 1.82) is 0 Å². The molecule has 1 aromatic heterocycles. The average Bonchev–Trinajstić information content (AvgIpc) is 2.55. The van der Waals surface area contributed by atoms with Gasteiger partial charge >= 0.3 is 5.97 Å². The predicted molar refractivity (Wildman–Crippen MR) is 87.0 cm³/mol. The van der Waals surface area contributed by atoms with Crippen molar-refractivity contribution in [2.75, 3.05) is 32.2 Å². The lowest BCUT2D eigenvalue weighted by atomic mass is 9.76. The third kappa shape index (κ3) is 3.56. The number of ether oxygens (including phenoxy) is 1. The summed E-state index contributed by atoms with van der Waals surface area (Å²) in [7, 11) is 0. The van der Waals surface area contributed by atoms with Gasteiger partial charge < -0.3 is 9.29 Å². The number of carbonyl (C=O) groups is 1. The number of rotatable bonds is 5. The molecule has 1 atom stereocenters. The minimum absolute atomic E-state index is 0.248. The Morgan fingerprint density at radius 3 is 2.77 bits per heavy atom. The van der Waals surface area contributed by atoms with Gasteiger partial charge in [-0.05, 0) is 32.1 Å². The molecule has 0 aliphatic carbocycles. The van der Waals surface area contributed by atoms with E-state index in [0.717, 1.165) is 0 Å². The summed E-state index contributed by atoms with van der Waals surface area (Å²) in [6.45, 7) is 3.31. The van der Waals surface area contributed by atoms with E-state index in [1.807, 2.05) is 10.6 Å². The molecule has 22 heavy (non-hydrogen) atoms. The topological polar surface area (TPSA) is 78.4 Å². The smallest absolute Gasteiger partial charge is 0.318 e. The Kier molecular flexibility index (Phi) is 6.08. The fourth-order valence-electron chi connectivity index (χ4n) is 2.66. The molecule has 1 aliphatic rings. The van der Waals surface area contributed by atoms with Crippen LogP contribution in [-0.2, 0) is 26.3 Å². The standard InChI is InChI=1S/C14H21N3O3S2/c1-4-20-12(18)14(6-9-17(10-7-14)22(3)19)11-5-8-15-13(16-11)21-2/h5,8H,4,6-7,9-10H2,1-3H3. The van der Waals surface area contributed by atoms with Gasteiger partial charge in [-0.2, -0.15) is 0 Å². The minimum Gasteiger partial charge on any atom is -0.598 e. The predicted octanol–water partition coefficient (Wildman–Crippen LogP) is 1.39. The highest BCUT2D eigenvalue weighted by Gasteiger charge is 2.47. The lowest BCUT2D eigenvalue weighted by molar-refractivity contribution is -0.152. The number of nitrogens with zero attached hydrogens (tertiary/aromatic N) is 3. The molecule has 1 fully saturated rings. The third-order valence-electron chi connectivity index (χ3n) is 3.91. The molecular weight excluding hydrogens is 322 g/mol. The Morgan fingerprint density at radius 1 is 1.55 bits per heavy atom. The second kappa shape index (κ2) is 7.63. The van der Waals surface area contributed by atoms with Gasteiger partial charge in [-0.25, -0.2) is 9.97 Å². The summed E-state index contributed by atoms with van der Waals surface area (Å²) < 4.78 is 18.8. The molecule has 2 heterocycles. The van der Waals surface area contributed by atoms with Gasteiger partial charge in [-0.3, -0.25) is 4.79 Å². The molecule has 1 saturated heterocycles. The van der Waals surface area contributed by atoms with E-state index in [2.05, 4.69) is 9.97 Å². The first kappa shape index (κ1) is 17.5. The summed E-state index contributed by atoms with van der Waals surface area (Å²) in [6.07, 6.45) is 6.35. The van der Waals surface area contributed by atoms with Gasteiger partial charge in [0.25, 0.3) is 0 Å². The van der Waals surface area contributed by atoms with Crippen molar-refractivity contribution in [3.05, 3.63) is 18.0 Å². The molecular formula is C14H21N3O3S2. The van der Waals surface area contributed by atoms with Crippen LogP contribution in [0.25, 0.3) is 0 Å². The maximum absolute atomic E-state index is 12.6. The number of piperidine rings is 1. The SMILES string of the molecule is CCOC(=O)C1(c2ccnc(SC)n2)CCN([S+](C)[O-])CC1. The first-order valence-electron chi connectivity index (χ1n) is 7.16. The molecule has 1 aliphatic heterocycles. The maximum Gasteiger partial charge on any atom is 0.318 e.